The van der Waals surface area contributed by atoms with Crippen molar-refractivity contribution in [2.24, 2.45) is 4.99 Å². The average Bonchev–Trinajstić information content (AvgIpc) is 3.08. The summed E-state index contributed by atoms with van der Waals surface area (Å²) in [7, 11) is 0. The van der Waals surface area contributed by atoms with Crippen LogP contribution in [0.1, 0.15) is 46.3 Å². The lowest BCUT2D eigenvalue weighted by Crippen LogP contribution is -2.35. The molecule has 2 amide bonds. The summed E-state index contributed by atoms with van der Waals surface area (Å²) in [5, 5.41) is 2.80. The highest BCUT2D eigenvalue weighted by molar-refractivity contribution is 5.95. The molecule has 2 aliphatic heterocycles. The van der Waals surface area contributed by atoms with Gasteiger partial charge < -0.3 is 15.1 Å². The van der Waals surface area contributed by atoms with Crippen LogP contribution in [0.3, 0.4) is 0 Å². The lowest BCUT2D eigenvalue weighted by molar-refractivity contribution is -0.120. The highest BCUT2D eigenvalue weighted by Gasteiger charge is 2.21. The van der Waals surface area contributed by atoms with Gasteiger partial charge in [-0.2, -0.15) is 0 Å². The lowest BCUT2D eigenvalue weighted by Gasteiger charge is -2.29. The van der Waals surface area contributed by atoms with Crippen molar-refractivity contribution < 1.29 is 14.0 Å². The summed E-state index contributed by atoms with van der Waals surface area (Å²) < 4.78 is 13.0. The number of hydrogen-bond donors (Lipinski definition) is 1. The van der Waals surface area contributed by atoms with Gasteiger partial charge in [0.25, 0.3) is 5.91 Å². The molecule has 6 nitrogen and oxygen atoms in total. The monoisotopic (exact) mass is 462 g/mol. The van der Waals surface area contributed by atoms with Gasteiger partial charge in [-0.05, 0) is 42.7 Å². The molecule has 0 bridgehead atoms. The summed E-state index contributed by atoms with van der Waals surface area (Å²) in [5.74, 6) is 0.779. The van der Waals surface area contributed by atoms with Gasteiger partial charge in [-0.25, -0.2) is 4.99 Å². The van der Waals surface area contributed by atoms with E-state index >= 15 is 0 Å². The van der Waals surface area contributed by atoms with E-state index in [1.165, 1.54) is 5.56 Å². The number of alkyl halides is 1. The molecule has 4 rings (SSSR count). The quantitative estimate of drug-likeness (QED) is 0.677. The molecule has 0 saturated carbocycles. The van der Waals surface area contributed by atoms with Crippen LogP contribution in [0, 0.1) is 6.92 Å². The van der Waals surface area contributed by atoms with E-state index in [-0.39, 0.29) is 18.5 Å². The molecule has 0 unspecified atom stereocenters. The number of aryl methyl sites for hydroxylation is 1. The maximum absolute atomic E-state index is 13.0. The van der Waals surface area contributed by atoms with Crippen molar-refractivity contribution >= 4 is 23.3 Å². The molecule has 0 atom stereocenters. The van der Waals surface area contributed by atoms with E-state index in [9.17, 15) is 14.0 Å². The molecule has 178 valence electrons. The van der Waals surface area contributed by atoms with Gasteiger partial charge in [0.2, 0.25) is 5.91 Å². The summed E-state index contributed by atoms with van der Waals surface area (Å²) in [6.07, 6.45) is 3.41. The van der Waals surface area contributed by atoms with E-state index in [0.717, 1.165) is 22.7 Å². The maximum atomic E-state index is 13.0. The number of amidine groups is 1. The fourth-order valence-corrected chi connectivity index (χ4v) is 4.23. The molecule has 34 heavy (non-hydrogen) atoms. The number of amides is 2. The van der Waals surface area contributed by atoms with Crippen LogP contribution in [0.15, 0.2) is 59.6 Å². The second kappa shape index (κ2) is 11.1. The maximum Gasteiger partial charge on any atom is 0.253 e. The first-order chi connectivity index (χ1) is 16.5. The molecule has 0 aliphatic carbocycles. The van der Waals surface area contributed by atoms with Gasteiger partial charge in [0, 0.05) is 51.1 Å². The predicted octanol–water partition coefficient (Wildman–Crippen LogP) is 3.96. The molecule has 2 heterocycles. The first-order valence-electron chi connectivity index (χ1n) is 11.8. The van der Waals surface area contributed by atoms with Crippen LogP contribution >= 0.6 is 0 Å². The van der Waals surface area contributed by atoms with Crippen molar-refractivity contribution in [1.82, 2.24) is 15.1 Å². The number of carbonyl (C=O) groups excluding carboxylic acids is 2. The van der Waals surface area contributed by atoms with Crippen LogP contribution in [0.25, 0.3) is 5.70 Å². The number of rotatable bonds is 7. The van der Waals surface area contributed by atoms with Crippen LogP contribution in [-0.2, 0) is 11.3 Å². The molecular formula is C27H31FN4O2. The van der Waals surface area contributed by atoms with Gasteiger partial charge in [0.15, 0.2) is 0 Å². The Morgan fingerprint density at radius 1 is 1.15 bits per heavy atom. The summed E-state index contributed by atoms with van der Waals surface area (Å²) in [6, 6.07) is 15.9. The Labute approximate surface area is 200 Å². The Balaban J connectivity index is 1.49. The summed E-state index contributed by atoms with van der Waals surface area (Å²) in [6.45, 7) is 4.34. The van der Waals surface area contributed by atoms with Crippen molar-refractivity contribution in [2.45, 2.75) is 32.7 Å². The van der Waals surface area contributed by atoms with Crippen LogP contribution in [-0.4, -0.2) is 60.3 Å². The lowest BCUT2D eigenvalue weighted by atomic mass is 10.1. The molecule has 1 saturated heterocycles. The second-order valence-corrected chi connectivity index (χ2v) is 8.75. The molecule has 1 fully saturated rings. The number of aliphatic imine (C=N–C) groups is 1. The topological polar surface area (TPSA) is 65.0 Å². The van der Waals surface area contributed by atoms with Gasteiger partial charge in [0.1, 0.15) is 5.84 Å². The third-order valence-electron chi connectivity index (χ3n) is 6.15. The van der Waals surface area contributed by atoms with E-state index < -0.39 is 0 Å². The minimum atomic E-state index is -0.381. The standard InChI is InChI=1S/C27H31FN4O2/c1-20-7-9-22(10-8-20)24-11-15-32(25(30-24)6-3-13-28)19-21-4-2-5-23(18-21)27(34)31-16-12-26(33)29-14-17-31/h2,4-5,7-11,18H,3,6,12-17,19H2,1H3,(H,29,33). The largest absolute Gasteiger partial charge is 0.354 e. The Morgan fingerprint density at radius 2 is 1.97 bits per heavy atom. The average molecular weight is 463 g/mol. The van der Waals surface area contributed by atoms with E-state index in [2.05, 4.69) is 47.5 Å². The Morgan fingerprint density at radius 3 is 2.76 bits per heavy atom. The fraction of sp³-hybridized carbons (Fsp3) is 0.370. The van der Waals surface area contributed by atoms with Crippen molar-refractivity contribution in [3.63, 3.8) is 0 Å². The third-order valence-corrected chi connectivity index (χ3v) is 6.15. The normalized spacial score (nSPS) is 16.5. The van der Waals surface area contributed by atoms with Gasteiger partial charge in [-0.15, -0.1) is 0 Å². The highest BCUT2D eigenvalue weighted by atomic mass is 19.1. The molecule has 0 aromatic heterocycles. The molecule has 7 heteroatoms. The molecule has 2 aromatic rings. The third kappa shape index (κ3) is 5.90. The predicted molar refractivity (Wildman–Crippen MR) is 132 cm³/mol. The van der Waals surface area contributed by atoms with Crippen molar-refractivity contribution in [3.05, 3.63) is 76.9 Å². The first-order valence-corrected chi connectivity index (χ1v) is 11.8. The molecule has 0 radical (unpaired) electrons. The molecular weight excluding hydrogens is 431 g/mol. The smallest absolute Gasteiger partial charge is 0.253 e. The Kier molecular flexibility index (Phi) is 7.72. The zero-order valence-electron chi connectivity index (χ0n) is 19.6. The zero-order valence-corrected chi connectivity index (χ0v) is 19.6. The Hall–Kier alpha value is -3.48. The van der Waals surface area contributed by atoms with E-state index in [0.29, 0.717) is 57.5 Å². The van der Waals surface area contributed by atoms with Crippen LogP contribution < -0.4 is 5.32 Å². The highest BCUT2D eigenvalue weighted by Crippen LogP contribution is 2.23. The molecule has 0 spiro atoms. The molecule has 2 aliphatic rings. The van der Waals surface area contributed by atoms with Crippen LogP contribution in [0.2, 0.25) is 0 Å². The van der Waals surface area contributed by atoms with Gasteiger partial charge >= 0.3 is 0 Å². The van der Waals surface area contributed by atoms with Crippen LogP contribution in [0.4, 0.5) is 4.39 Å². The van der Waals surface area contributed by atoms with Crippen molar-refractivity contribution in [3.8, 4) is 0 Å². The number of nitrogens with one attached hydrogen (secondary N) is 1. The van der Waals surface area contributed by atoms with Gasteiger partial charge in [-0.1, -0.05) is 42.0 Å². The van der Waals surface area contributed by atoms with Crippen molar-refractivity contribution in [2.75, 3.05) is 32.9 Å². The summed E-state index contributed by atoms with van der Waals surface area (Å²) in [5.41, 5.74) is 4.78. The minimum Gasteiger partial charge on any atom is -0.354 e. The zero-order chi connectivity index (χ0) is 23.9. The van der Waals surface area contributed by atoms with E-state index in [4.69, 9.17) is 4.99 Å². The number of carbonyl (C=O) groups is 2. The minimum absolute atomic E-state index is 0.0210. The molecule has 2 aromatic carbocycles. The number of halogens is 1. The number of benzene rings is 2. The second-order valence-electron chi connectivity index (χ2n) is 8.75. The van der Waals surface area contributed by atoms with E-state index in [1.54, 1.807) is 4.90 Å². The molecule has 1 N–H and O–H groups in total. The number of nitrogens with zero attached hydrogens (tertiary/aromatic N) is 3. The van der Waals surface area contributed by atoms with Gasteiger partial charge in [0.05, 0.1) is 12.4 Å². The first kappa shape index (κ1) is 23.7. The Bertz CT molecular complexity index is 1090. The van der Waals surface area contributed by atoms with Crippen LogP contribution in [0.5, 0.6) is 0 Å². The van der Waals surface area contributed by atoms with Crippen molar-refractivity contribution in [1.29, 1.82) is 0 Å². The van der Waals surface area contributed by atoms with E-state index in [1.807, 2.05) is 24.3 Å². The fourth-order valence-electron chi connectivity index (χ4n) is 4.23. The SMILES string of the molecule is Cc1ccc(C2=CCN(Cc3cccc(C(=O)N4CCNC(=O)CC4)c3)C(CCCF)=N2)cc1. The number of hydrogen-bond acceptors (Lipinski definition) is 4. The summed E-state index contributed by atoms with van der Waals surface area (Å²) in [4.78, 5) is 33.4. The van der Waals surface area contributed by atoms with Gasteiger partial charge in [-0.3, -0.25) is 14.0 Å². The summed E-state index contributed by atoms with van der Waals surface area (Å²) >= 11 is 0.